The van der Waals surface area contributed by atoms with Crippen LogP contribution in [-0.2, 0) is 0 Å². The summed E-state index contributed by atoms with van der Waals surface area (Å²) in [5.41, 5.74) is 1.88. The first-order valence-corrected chi connectivity index (χ1v) is 7.94. The lowest BCUT2D eigenvalue weighted by molar-refractivity contribution is 1.19. The third-order valence-electron chi connectivity index (χ3n) is 2.54. The molecule has 4 heteroatoms. The quantitative estimate of drug-likeness (QED) is 0.687. The van der Waals surface area contributed by atoms with Gasteiger partial charge in [0, 0.05) is 15.5 Å². The second kappa shape index (κ2) is 7.22. The molecule has 2 rings (SSSR count). The van der Waals surface area contributed by atoms with Crippen molar-refractivity contribution in [2.24, 2.45) is 4.99 Å². The van der Waals surface area contributed by atoms with Gasteiger partial charge in [-0.05, 0) is 43.5 Å². The van der Waals surface area contributed by atoms with Gasteiger partial charge in [-0.3, -0.25) is 4.98 Å². The van der Waals surface area contributed by atoms with E-state index in [1.807, 2.05) is 43.5 Å². The summed E-state index contributed by atoms with van der Waals surface area (Å²) >= 11 is 3.30. The highest BCUT2D eigenvalue weighted by Crippen LogP contribution is 2.36. The fourth-order valence-corrected chi connectivity index (χ4v) is 3.24. The Balaban J connectivity index is 2.15. The third kappa shape index (κ3) is 3.92. The van der Waals surface area contributed by atoms with Crippen molar-refractivity contribution in [1.82, 2.24) is 4.98 Å². The Kier molecular flexibility index (Phi) is 5.32. The minimum Gasteiger partial charge on any atom is -0.252 e. The normalized spacial score (nSPS) is 12.0. The number of aromatic nitrogens is 1. The number of thiophene rings is 1. The molecule has 0 amide bonds. The van der Waals surface area contributed by atoms with E-state index in [9.17, 15) is 0 Å². The molecule has 20 heavy (non-hydrogen) atoms. The van der Waals surface area contributed by atoms with Crippen LogP contribution in [0.3, 0.4) is 0 Å². The summed E-state index contributed by atoms with van der Waals surface area (Å²) < 4.78 is 0. The van der Waals surface area contributed by atoms with Gasteiger partial charge in [-0.15, -0.1) is 11.3 Å². The summed E-state index contributed by atoms with van der Waals surface area (Å²) in [5, 5.41) is 2.82. The van der Waals surface area contributed by atoms with E-state index >= 15 is 0 Å². The Hall–Kier alpha value is -1.65. The monoisotopic (exact) mass is 300 g/mol. The van der Waals surface area contributed by atoms with Gasteiger partial charge in [-0.25, -0.2) is 4.99 Å². The van der Waals surface area contributed by atoms with Crippen molar-refractivity contribution in [2.45, 2.75) is 13.8 Å². The lowest BCUT2D eigenvalue weighted by Crippen LogP contribution is -1.88. The average molecular weight is 300 g/mol. The van der Waals surface area contributed by atoms with E-state index in [0.717, 1.165) is 16.4 Å². The molecule has 0 radical (unpaired) electrons. The minimum atomic E-state index is 0.881. The number of pyridine rings is 1. The fourth-order valence-electron chi connectivity index (χ4n) is 1.65. The predicted octanol–water partition coefficient (Wildman–Crippen LogP) is 5.44. The van der Waals surface area contributed by atoms with Crippen molar-refractivity contribution in [3.63, 3.8) is 0 Å². The van der Waals surface area contributed by atoms with E-state index in [1.165, 1.54) is 9.78 Å². The van der Waals surface area contributed by atoms with Crippen LogP contribution in [0.25, 0.3) is 4.91 Å². The molecule has 2 aromatic heterocycles. The Labute approximate surface area is 128 Å². The number of thioether (sulfide) groups is 1. The topological polar surface area (TPSA) is 25.2 Å². The highest BCUT2D eigenvalue weighted by molar-refractivity contribution is 8.11. The zero-order chi connectivity index (χ0) is 14.4. The highest BCUT2D eigenvalue weighted by atomic mass is 32.2. The molecule has 2 nitrogen and oxygen atoms in total. The number of aryl methyl sites for hydroxylation is 1. The van der Waals surface area contributed by atoms with Gasteiger partial charge >= 0.3 is 0 Å². The molecule has 0 bridgehead atoms. The smallest absolute Gasteiger partial charge is 0.116 e. The van der Waals surface area contributed by atoms with Crippen LogP contribution in [-0.4, -0.2) is 11.2 Å². The molecule has 0 spiro atoms. The average Bonchev–Trinajstić information content (AvgIpc) is 2.91. The summed E-state index contributed by atoms with van der Waals surface area (Å²) in [5.74, 6) is 0. The van der Waals surface area contributed by atoms with Crippen molar-refractivity contribution in [2.75, 3.05) is 0 Å². The molecule has 0 unspecified atom stereocenters. The first kappa shape index (κ1) is 14.8. The maximum atomic E-state index is 4.48. The molecule has 0 saturated heterocycles. The van der Waals surface area contributed by atoms with Crippen LogP contribution >= 0.6 is 23.1 Å². The van der Waals surface area contributed by atoms with E-state index in [-0.39, 0.29) is 0 Å². The largest absolute Gasteiger partial charge is 0.252 e. The first-order valence-electron chi connectivity index (χ1n) is 6.24. The summed E-state index contributed by atoms with van der Waals surface area (Å²) in [6.07, 6.45) is 3.90. The summed E-state index contributed by atoms with van der Waals surface area (Å²) in [4.78, 5) is 11.3. The predicted molar refractivity (Wildman–Crippen MR) is 92.0 cm³/mol. The van der Waals surface area contributed by atoms with E-state index in [2.05, 4.69) is 28.7 Å². The van der Waals surface area contributed by atoms with Gasteiger partial charge in [0.15, 0.2) is 0 Å². The van der Waals surface area contributed by atoms with Gasteiger partial charge in [0.05, 0.1) is 11.9 Å². The van der Waals surface area contributed by atoms with Gasteiger partial charge in [0.25, 0.3) is 0 Å². The van der Waals surface area contributed by atoms with E-state index in [4.69, 9.17) is 0 Å². The van der Waals surface area contributed by atoms with Gasteiger partial charge in [-0.1, -0.05) is 30.5 Å². The van der Waals surface area contributed by atoms with Gasteiger partial charge in [0.1, 0.15) is 5.00 Å². The number of aliphatic imine (C=N–C) groups is 1. The minimum absolute atomic E-state index is 0.881. The zero-order valence-electron chi connectivity index (χ0n) is 11.5. The van der Waals surface area contributed by atoms with Crippen molar-refractivity contribution in [1.29, 1.82) is 0 Å². The zero-order valence-corrected chi connectivity index (χ0v) is 13.2. The Morgan fingerprint density at radius 2 is 2.20 bits per heavy atom. The molecule has 102 valence electrons. The van der Waals surface area contributed by atoms with E-state index < -0.39 is 0 Å². The van der Waals surface area contributed by atoms with Crippen LogP contribution in [0.4, 0.5) is 5.00 Å². The Morgan fingerprint density at radius 1 is 1.35 bits per heavy atom. The molecule has 0 atom stereocenters. The molecule has 0 aliphatic heterocycles. The SMILES string of the molecule is C=CS/C(=C\C)c1ccc(/N=C/c2cccc(C)n2)s1. The van der Waals surface area contributed by atoms with Crippen molar-refractivity contribution in [3.8, 4) is 0 Å². The van der Waals surface area contributed by atoms with Crippen molar-refractivity contribution in [3.05, 3.63) is 64.7 Å². The molecule has 0 fully saturated rings. The molecular weight excluding hydrogens is 284 g/mol. The first-order chi connectivity index (χ1) is 9.72. The lowest BCUT2D eigenvalue weighted by Gasteiger charge is -1.97. The number of hydrogen-bond acceptors (Lipinski definition) is 4. The molecular formula is C16H16N2S2. The summed E-state index contributed by atoms with van der Waals surface area (Å²) in [7, 11) is 0. The molecule has 0 N–H and O–H groups in total. The van der Waals surface area contributed by atoms with Crippen LogP contribution in [0.2, 0.25) is 0 Å². The molecule has 0 saturated carbocycles. The molecule has 0 aliphatic rings. The third-order valence-corrected chi connectivity index (χ3v) is 4.57. The van der Waals surface area contributed by atoms with Gasteiger partial charge in [-0.2, -0.15) is 0 Å². The van der Waals surface area contributed by atoms with Crippen molar-refractivity contribution >= 4 is 39.2 Å². The van der Waals surface area contributed by atoms with Crippen LogP contribution < -0.4 is 0 Å². The standard InChI is InChI=1S/C16H16N2S2/c1-4-14(19-5-2)15-9-10-16(20-15)17-11-13-8-6-7-12(3)18-13/h4-11H,2H2,1,3H3/b14-4-,17-11+. The van der Waals surface area contributed by atoms with Gasteiger partial charge in [0.2, 0.25) is 0 Å². The number of nitrogens with zero attached hydrogens (tertiary/aromatic N) is 2. The number of hydrogen-bond donors (Lipinski definition) is 0. The number of allylic oxidation sites excluding steroid dienone is 1. The second-order valence-corrected chi connectivity index (χ2v) is 6.11. The maximum absolute atomic E-state index is 4.48. The Bertz CT molecular complexity index is 654. The highest BCUT2D eigenvalue weighted by Gasteiger charge is 2.03. The van der Waals surface area contributed by atoms with E-state index in [1.54, 1.807) is 29.3 Å². The molecule has 0 aromatic carbocycles. The maximum Gasteiger partial charge on any atom is 0.116 e. The summed E-state index contributed by atoms with van der Waals surface area (Å²) in [6, 6.07) is 10.0. The molecule has 0 aliphatic carbocycles. The van der Waals surface area contributed by atoms with Gasteiger partial charge < -0.3 is 0 Å². The van der Waals surface area contributed by atoms with Crippen LogP contribution in [0, 0.1) is 6.92 Å². The number of rotatable bonds is 5. The lowest BCUT2D eigenvalue weighted by atomic mass is 10.3. The van der Waals surface area contributed by atoms with Crippen LogP contribution in [0.1, 0.15) is 23.2 Å². The molecule has 2 heterocycles. The molecule has 2 aromatic rings. The van der Waals surface area contributed by atoms with Crippen LogP contribution in [0.5, 0.6) is 0 Å². The van der Waals surface area contributed by atoms with Crippen molar-refractivity contribution < 1.29 is 0 Å². The van der Waals surface area contributed by atoms with Crippen LogP contribution in [0.15, 0.2) is 53.4 Å². The second-order valence-electron chi connectivity index (χ2n) is 4.04. The summed E-state index contributed by atoms with van der Waals surface area (Å²) in [6.45, 7) is 7.76. The Morgan fingerprint density at radius 3 is 2.90 bits per heavy atom. The van der Waals surface area contributed by atoms with E-state index in [0.29, 0.717) is 0 Å². The fraction of sp³-hybridized carbons (Fsp3) is 0.125.